The van der Waals surface area contributed by atoms with Gasteiger partial charge in [-0.05, 0) is 12.0 Å². The third-order valence-corrected chi connectivity index (χ3v) is 3.28. The highest BCUT2D eigenvalue weighted by Gasteiger charge is 2.37. The average molecular weight is 290 g/mol. The third-order valence-electron chi connectivity index (χ3n) is 3.28. The molecule has 6 heteroatoms. The van der Waals surface area contributed by atoms with Crippen LogP contribution in [0.25, 0.3) is 0 Å². The van der Waals surface area contributed by atoms with Crippen molar-refractivity contribution in [1.82, 2.24) is 9.80 Å². The Bertz CT molecular complexity index is 530. The van der Waals surface area contributed by atoms with Crippen molar-refractivity contribution < 1.29 is 19.1 Å². The van der Waals surface area contributed by atoms with Gasteiger partial charge in [-0.3, -0.25) is 19.4 Å². The van der Waals surface area contributed by atoms with Gasteiger partial charge in [-0.1, -0.05) is 30.3 Å². The number of barbiturate groups is 1. The number of imide groups is 2. The maximum atomic E-state index is 12.3. The van der Waals surface area contributed by atoms with Gasteiger partial charge in [0.1, 0.15) is 6.42 Å². The molecule has 1 aromatic carbocycles. The molecule has 1 saturated heterocycles. The summed E-state index contributed by atoms with van der Waals surface area (Å²) in [7, 11) is 1.56. The molecule has 6 nitrogen and oxygen atoms in total. The molecule has 1 aromatic rings. The molecule has 0 unspecified atom stereocenters. The first-order valence-corrected chi connectivity index (χ1v) is 6.81. The van der Waals surface area contributed by atoms with Crippen LogP contribution in [0, 0.1) is 0 Å². The summed E-state index contributed by atoms with van der Waals surface area (Å²) >= 11 is 0. The molecule has 0 N–H and O–H groups in total. The molecule has 0 aromatic heterocycles. The van der Waals surface area contributed by atoms with Crippen molar-refractivity contribution in [2.75, 3.05) is 20.3 Å². The van der Waals surface area contributed by atoms with E-state index in [-0.39, 0.29) is 19.5 Å². The van der Waals surface area contributed by atoms with Crippen molar-refractivity contribution in [3.8, 4) is 0 Å². The largest absolute Gasteiger partial charge is 0.385 e. The van der Waals surface area contributed by atoms with E-state index >= 15 is 0 Å². The first-order chi connectivity index (χ1) is 10.1. The Hall–Kier alpha value is -2.21. The van der Waals surface area contributed by atoms with E-state index in [2.05, 4.69) is 0 Å². The maximum absolute atomic E-state index is 12.3. The van der Waals surface area contributed by atoms with E-state index in [0.29, 0.717) is 13.0 Å². The summed E-state index contributed by atoms with van der Waals surface area (Å²) in [6.07, 6.45) is 0.299. The lowest BCUT2D eigenvalue weighted by Crippen LogP contribution is -2.54. The van der Waals surface area contributed by atoms with Crippen molar-refractivity contribution in [1.29, 1.82) is 0 Å². The van der Waals surface area contributed by atoms with E-state index in [1.54, 1.807) is 7.11 Å². The molecule has 0 bridgehead atoms. The van der Waals surface area contributed by atoms with Crippen LogP contribution in [-0.2, 0) is 20.9 Å². The topological polar surface area (TPSA) is 66.9 Å². The Morgan fingerprint density at radius 3 is 2.38 bits per heavy atom. The number of hydrogen-bond acceptors (Lipinski definition) is 4. The zero-order valence-corrected chi connectivity index (χ0v) is 11.9. The molecule has 1 aliphatic rings. The highest BCUT2D eigenvalue weighted by atomic mass is 16.5. The minimum Gasteiger partial charge on any atom is -0.385 e. The molecule has 21 heavy (non-hydrogen) atoms. The minimum atomic E-state index is -0.545. The van der Waals surface area contributed by atoms with Gasteiger partial charge >= 0.3 is 6.03 Å². The lowest BCUT2D eigenvalue weighted by Gasteiger charge is -2.32. The fourth-order valence-electron chi connectivity index (χ4n) is 2.19. The number of urea groups is 1. The lowest BCUT2D eigenvalue weighted by molar-refractivity contribution is -0.142. The highest BCUT2D eigenvalue weighted by Crippen LogP contribution is 2.16. The van der Waals surface area contributed by atoms with Crippen LogP contribution in [-0.4, -0.2) is 47.9 Å². The summed E-state index contributed by atoms with van der Waals surface area (Å²) in [4.78, 5) is 38.3. The van der Waals surface area contributed by atoms with Gasteiger partial charge in [-0.25, -0.2) is 4.79 Å². The van der Waals surface area contributed by atoms with Gasteiger partial charge in [0.25, 0.3) is 0 Å². The summed E-state index contributed by atoms with van der Waals surface area (Å²) in [6, 6.07) is 8.68. The minimum absolute atomic E-state index is 0.187. The molecule has 1 fully saturated rings. The number of carbonyl (C=O) groups excluding carboxylic acids is 3. The van der Waals surface area contributed by atoms with E-state index < -0.39 is 17.8 Å². The number of methoxy groups -OCH3 is 1. The summed E-state index contributed by atoms with van der Waals surface area (Å²) in [5, 5.41) is 0. The smallest absolute Gasteiger partial charge is 0.333 e. The van der Waals surface area contributed by atoms with E-state index in [1.807, 2.05) is 30.3 Å². The molecule has 0 spiro atoms. The van der Waals surface area contributed by atoms with Crippen molar-refractivity contribution in [2.24, 2.45) is 0 Å². The Kier molecular flexibility index (Phi) is 5.05. The maximum Gasteiger partial charge on any atom is 0.333 e. The molecule has 0 radical (unpaired) electrons. The average Bonchev–Trinajstić information content (AvgIpc) is 2.48. The number of nitrogens with zero attached hydrogens (tertiary/aromatic N) is 2. The molecule has 0 saturated carbocycles. The van der Waals surface area contributed by atoms with E-state index in [1.165, 1.54) is 0 Å². The second-order valence-corrected chi connectivity index (χ2v) is 4.82. The predicted molar refractivity (Wildman–Crippen MR) is 75.2 cm³/mol. The number of rotatable bonds is 6. The summed E-state index contributed by atoms with van der Waals surface area (Å²) in [6.45, 7) is 0.917. The molecular weight excluding hydrogens is 272 g/mol. The second-order valence-electron chi connectivity index (χ2n) is 4.82. The Morgan fingerprint density at radius 1 is 1.05 bits per heavy atom. The fourth-order valence-corrected chi connectivity index (χ4v) is 2.19. The van der Waals surface area contributed by atoms with Gasteiger partial charge in [0.05, 0.1) is 6.54 Å². The molecule has 0 atom stereocenters. The zero-order valence-electron chi connectivity index (χ0n) is 11.9. The Morgan fingerprint density at radius 2 is 1.71 bits per heavy atom. The van der Waals surface area contributed by atoms with Crippen LogP contribution in [0.15, 0.2) is 30.3 Å². The molecule has 1 heterocycles. The number of amides is 4. The van der Waals surface area contributed by atoms with Crippen LogP contribution in [0.2, 0.25) is 0 Å². The van der Waals surface area contributed by atoms with E-state index in [0.717, 1.165) is 15.4 Å². The van der Waals surface area contributed by atoms with Crippen molar-refractivity contribution in [2.45, 2.75) is 19.4 Å². The van der Waals surface area contributed by atoms with Crippen LogP contribution in [0.1, 0.15) is 18.4 Å². The van der Waals surface area contributed by atoms with E-state index in [9.17, 15) is 14.4 Å². The van der Waals surface area contributed by atoms with Crippen LogP contribution < -0.4 is 0 Å². The van der Waals surface area contributed by atoms with E-state index in [4.69, 9.17) is 4.74 Å². The predicted octanol–water partition coefficient (Wildman–Crippen LogP) is 1.40. The third kappa shape index (κ3) is 3.66. The van der Waals surface area contributed by atoms with Crippen LogP contribution in [0.5, 0.6) is 0 Å². The Balaban J connectivity index is 2.07. The van der Waals surface area contributed by atoms with Gasteiger partial charge in [0.15, 0.2) is 0 Å². The second kappa shape index (κ2) is 6.99. The SMILES string of the molecule is COCCCN1C(=O)CC(=O)N(Cc2ccccc2)C1=O. The quantitative estimate of drug-likeness (QED) is 0.587. The monoisotopic (exact) mass is 290 g/mol. The first kappa shape index (κ1) is 15.2. The highest BCUT2D eigenvalue weighted by molar-refractivity contribution is 6.13. The number of hydrogen-bond donors (Lipinski definition) is 0. The molecule has 0 aliphatic carbocycles. The number of ether oxygens (including phenoxy) is 1. The lowest BCUT2D eigenvalue weighted by atomic mass is 10.2. The van der Waals surface area contributed by atoms with Gasteiger partial charge < -0.3 is 4.74 Å². The van der Waals surface area contributed by atoms with Crippen molar-refractivity contribution in [3.63, 3.8) is 0 Å². The molecule has 2 rings (SSSR count). The molecule has 112 valence electrons. The summed E-state index contributed by atoms with van der Waals surface area (Å²) < 4.78 is 4.92. The first-order valence-electron chi connectivity index (χ1n) is 6.81. The fraction of sp³-hybridized carbons (Fsp3) is 0.400. The zero-order chi connectivity index (χ0) is 15.2. The van der Waals surface area contributed by atoms with Crippen LogP contribution >= 0.6 is 0 Å². The van der Waals surface area contributed by atoms with Gasteiger partial charge in [0.2, 0.25) is 11.8 Å². The van der Waals surface area contributed by atoms with Gasteiger partial charge in [0, 0.05) is 20.3 Å². The molecule has 4 amide bonds. The van der Waals surface area contributed by atoms with Gasteiger partial charge in [-0.2, -0.15) is 0 Å². The van der Waals surface area contributed by atoms with Crippen molar-refractivity contribution >= 4 is 17.8 Å². The number of carbonyl (C=O) groups is 3. The Labute approximate surface area is 123 Å². The van der Waals surface area contributed by atoms with Crippen molar-refractivity contribution in [3.05, 3.63) is 35.9 Å². The normalized spacial score (nSPS) is 15.8. The summed E-state index contributed by atoms with van der Waals surface area (Å²) in [5.74, 6) is -0.887. The van der Waals surface area contributed by atoms with Crippen LogP contribution in [0.4, 0.5) is 4.79 Å². The van der Waals surface area contributed by atoms with Crippen LogP contribution in [0.3, 0.4) is 0 Å². The molecular formula is C15H18N2O4. The number of benzene rings is 1. The summed E-state index contributed by atoms with van der Waals surface area (Å²) in [5.41, 5.74) is 0.852. The molecule has 1 aliphatic heterocycles. The standard InChI is InChI=1S/C15H18N2O4/c1-21-9-5-8-16-13(18)10-14(19)17(15(16)20)11-12-6-3-2-4-7-12/h2-4,6-7H,5,8-11H2,1H3. The van der Waals surface area contributed by atoms with Gasteiger partial charge in [-0.15, -0.1) is 0 Å².